The summed E-state index contributed by atoms with van der Waals surface area (Å²) in [5, 5.41) is 9.96. The van der Waals surface area contributed by atoms with Gasteiger partial charge >= 0.3 is 12.1 Å². The predicted molar refractivity (Wildman–Crippen MR) is 136 cm³/mol. The highest BCUT2D eigenvalue weighted by atomic mass is 16.5. The molecule has 1 saturated heterocycles. The third-order valence-corrected chi connectivity index (χ3v) is 7.45. The second kappa shape index (κ2) is 8.73. The first-order chi connectivity index (χ1) is 18.7. The van der Waals surface area contributed by atoms with Crippen LogP contribution in [0.1, 0.15) is 39.0 Å². The van der Waals surface area contributed by atoms with Crippen LogP contribution in [0.4, 0.5) is 9.59 Å². The number of urea groups is 2. The molecule has 1 fully saturated rings. The van der Waals surface area contributed by atoms with Gasteiger partial charge in [0.2, 0.25) is 5.54 Å². The van der Waals surface area contributed by atoms with Crippen LogP contribution in [0.2, 0.25) is 0 Å². The number of carbonyl (C=O) groups is 5. The quantitative estimate of drug-likeness (QED) is 0.345. The second-order valence-electron chi connectivity index (χ2n) is 9.87. The molecule has 11 nitrogen and oxygen atoms in total. The molecule has 0 radical (unpaired) electrons. The van der Waals surface area contributed by atoms with Gasteiger partial charge in [-0.15, -0.1) is 0 Å². The summed E-state index contributed by atoms with van der Waals surface area (Å²) in [5.74, 6) is 5.07. The highest BCUT2D eigenvalue weighted by Crippen LogP contribution is 2.39. The number of hydrogen-bond acceptors (Lipinski definition) is 6. The van der Waals surface area contributed by atoms with Crippen molar-refractivity contribution in [1.82, 2.24) is 26.2 Å². The molecule has 1 spiro atoms. The molecular weight excluding hydrogens is 502 g/mol. The van der Waals surface area contributed by atoms with Crippen LogP contribution in [0.3, 0.4) is 0 Å². The van der Waals surface area contributed by atoms with E-state index in [0.29, 0.717) is 29.7 Å². The number of nitrogens with zero attached hydrogens (tertiary/aromatic N) is 1. The maximum Gasteiger partial charge on any atom is 0.323 e. The molecule has 39 heavy (non-hydrogen) atoms. The van der Waals surface area contributed by atoms with Gasteiger partial charge in [-0.3, -0.25) is 25.0 Å². The molecule has 2 aromatic carbocycles. The number of nitrogens with one attached hydrogen (secondary N) is 4. The van der Waals surface area contributed by atoms with Crippen molar-refractivity contribution in [2.24, 2.45) is 0 Å². The van der Waals surface area contributed by atoms with Crippen molar-refractivity contribution in [2.75, 3.05) is 13.7 Å². The maximum atomic E-state index is 13.1. The summed E-state index contributed by atoms with van der Waals surface area (Å²) in [6.45, 7) is 0.127. The summed E-state index contributed by atoms with van der Waals surface area (Å²) in [4.78, 5) is 63.6. The van der Waals surface area contributed by atoms with Crippen LogP contribution in [0, 0.1) is 11.8 Å². The van der Waals surface area contributed by atoms with Crippen LogP contribution in [-0.2, 0) is 28.1 Å². The van der Waals surface area contributed by atoms with Gasteiger partial charge in [0.05, 0.1) is 19.2 Å². The third kappa shape index (κ3) is 4.06. The minimum atomic E-state index is -1.64. The van der Waals surface area contributed by atoms with E-state index in [9.17, 15) is 24.0 Å². The molecule has 11 heteroatoms. The molecule has 0 aromatic heterocycles. The first-order valence-corrected chi connectivity index (χ1v) is 12.3. The fourth-order valence-electron chi connectivity index (χ4n) is 5.52. The van der Waals surface area contributed by atoms with Gasteiger partial charge in [0.15, 0.2) is 0 Å². The van der Waals surface area contributed by atoms with Crippen molar-refractivity contribution < 1.29 is 28.7 Å². The Morgan fingerprint density at radius 3 is 2.56 bits per heavy atom. The molecule has 3 aliphatic heterocycles. The molecule has 196 valence electrons. The third-order valence-electron chi connectivity index (χ3n) is 7.45. The van der Waals surface area contributed by atoms with E-state index in [4.69, 9.17) is 4.74 Å². The van der Waals surface area contributed by atoms with Gasteiger partial charge in [-0.1, -0.05) is 24.0 Å². The molecule has 3 heterocycles. The lowest BCUT2D eigenvalue weighted by Crippen LogP contribution is -2.54. The molecule has 6 rings (SSSR count). The number of aryl methyl sites for hydroxylation is 1. The van der Waals surface area contributed by atoms with E-state index in [2.05, 4.69) is 33.1 Å². The van der Waals surface area contributed by atoms with Crippen molar-refractivity contribution in [3.05, 3.63) is 76.4 Å². The Morgan fingerprint density at radius 2 is 1.79 bits per heavy atom. The number of fused-ring (bicyclic) bond motifs is 3. The molecule has 4 N–H and O–H groups in total. The summed E-state index contributed by atoms with van der Waals surface area (Å²) < 4.78 is 5.22. The summed E-state index contributed by atoms with van der Waals surface area (Å²) in [7, 11) is 1.52. The largest absolute Gasteiger partial charge is 0.497 e. The Hall–Kier alpha value is -5.11. The molecule has 0 saturated carbocycles. The molecule has 0 bridgehead atoms. The standard InChI is InChI=1S/C28H23N5O6/c1-39-19-4-3-18-14-33(23(35)20(18)13-19)15-28(24(36)30-26(38)32-28)9-6-16-2-5-21-17(12-16)7-10-27(21)11-8-22(34)29-25(37)31-27/h2-5,8,11-13H,7,10,14-15H2,1H3,(H2,29,31,34,37)(H2,30,32,36,38). The van der Waals surface area contributed by atoms with Gasteiger partial charge in [-0.2, -0.15) is 0 Å². The molecule has 2 atom stereocenters. The number of imide groups is 2. The SMILES string of the molecule is COc1ccc2c(c1)C(=O)N(CC1(C#Cc3ccc4c(c3)CCC43C=CC(=O)NC(=O)N3)NC(=O)NC1=O)C2. The number of ether oxygens (including phenoxy) is 1. The lowest BCUT2D eigenvalue weighted by Gasteiger charge is -2.27. The molecule has 7 amide bonds. The Morgan fingerprint density at radius 1 is 0.974 bits per heavy atom. The van der Waals surface area contributed by atoms with Crippen molar-refractivity contribution >= 4 is 29.8 Å². The molecule has 2 unspecified atom stereocenters. The minimum absolute atomic E-state index is 0.140. The Bertz CT molecular complexity index is 1590. The highest BCUT2D eigenvalue weighted by Gasteiger charge is 2.48. The van der Waals surface area contributed by atoms with Gasteiger partial charge in [0.1, 0.15) is 5.75 Å². The van der Waals surface area contributed by atoms with Crippen LogP contribution in [0.15, 0.2) is 48.6 Å². The number of hydrogen-bond donors (Lipinski definition) is 4. The Kier molecular flexibility index (Phi) is 5.43. The van der Waals surface area contributed by atoms with Gasteiger partial charge in [0, 0.05) is 23.7 Å². The van der Waals surface area contributed by atoms with E-state index in [0.717, 1.165) is 16.7 Å². The van der Waals surface area contributed by atoms with Crippen LogP contribution >= 0.6 is 0 Å². The summed E-state index contributed by atoms with van der Waals surface area (Å²) in [5.41, 5.74) is 1.22. The Labute approximate surface area is 222 Å². The van der Waals surface area contributed by atoms with Gasteiger partial charge in [-0.05, 0) is 59.9 Å². The van der Waals surface area contributed by atoms with Crippen LogP contribution in [0.5, 0.6) is 5.75 Å². The molecule has 2 aromatic rings. The van der Waals surface area contributed by atoms with E-state index in [-0.39, 0.29) is 19.0 Å². The van der Waals surface area contributed by atoms with Crippen LogP contribution < -0.4 is 26.0 Å². The van der Waals surface area contributed by atoms with E-state index < -0.39 is 35.0 Å². The summed E-state index contributed by atoms with van der Waals surface area (Å²) in [6.07, 6.45) is 4.25. The molecule has 1 aliphatic carbocycles. The zero-order chi connectivity index (χ0) is 27.4. The second-order valence-corrected chi connectivity index (χ2v) is 9.87. The van der Waals surface area contributed by atoms with Crippen LogP contribution in [0.25, 0.3) is 0 Å². The van der Waals surface area contributed by atoms with E-state index in [1.54, 1.807) is 30.3 Å². The number of methoxy groups -OCH3 is 1. The number of amides is 7. The summed E-state index contributed by atoms with van der Waals surface area (Å²) >= 11 is 0. The van der Waals surface area contributed by atoms with Crippen molar-refractivity contribution in [3.8, 4) is 17.6 Å². The predicted octanol–water partition coefficient (Wildman–Crippen LogP) is 0.818. The van der Waals surface area contributed by atoms with Gasteiger partial charge < -0.3 is 20.3 Å². The average Bonchev–Trinajstić information content (AvgIpc) is 3.47. The van der Waals surface area contributed by atoms with E-state index in [1.807, 2.05) is 12.1 Å². The number of benzene rings is 2. The average molecular weight is 526 g/mol. The first kappa shape index (κ1) is 24.2. The summed E-state index contributed by atoms with van der Waals surface area (Å²) in [6, 6.07) is 9.41. The zero-order valence-corrected chi connectivity index (χ0v) is 20.8. The highest BCUT2D eigenvalue weighted by molar-refractivity contribution is 6.10. The number of rotatable bonds is 3. The minimum Gasteiger partial charge on any atom is -0.497 e. The fourth-order valence-corrected chi connectivity index (χ4v) is 5.52. The topological polar surface area (TPSA) is 146 Å². The Balaban J connectivity index is 1.29. The number of carbonyl (C=O) groups excluding carboxylic acids is 5. The van der Waals surface area contributed by atoms with Crippen molar-refractivity contribution in [1.29, 1.82) is 0 Å². The molecular formula is C28H23N5O6. The lowest BCUT2D eigenvalue weighted by molar-refractivity contribution is -0.122. The smallest absolute Gasteiger partial charge is 0.323 e. The van der Waals surface area contributed by atoms with Gasteiger partial charge in [0.25, 0.3) is 17.7 Å². The van der Waals surface area contributed by atoms with Crippen LogP contribution in [-0.4, -0.2) is 53.9 Å². The monoisotopic (exact) mass is 525 g/mol. The zero-order valence-electron chi connectivity index (χ0n) is 20.8. The van der Waals surface area contributed by atoms with E-state index >= 15 is 0 Å². The van der Waals surface area contributed by atoms with E-state index in [1.165, 1.54) is 18.1 Å². The normalized spacial score (nSPS) is 24.7. The maximum absolute atomic E-state index is 13.1. The fraction of sp³-hybridized carbons (Fsp3) is 0.250. The van der Waals surface area contributed by atoms with Crippen molar-refractivity contribution in [2.45, 2.75) is 30.5 Å². The lowest BCUT2D eigenvalue weighted by atomic mass is 9.90. The van der Waals surface area contributed by atoms with Gasteiger partial charge in [-0.25, -0.2) is 9.59 Å². The van der Waals surface area contributed by atoms with Crippen molar-refractivity contribution in [3.63, 3.8) is 0 Å². The molecule has 4 aliphatic rings. The first-order valence-electron chi connectivity index (χ1n) is 12.3.